The maximum atomic E-state index is 11.0. The maximum absolute atomic E-state index is 11.0. The third kappa shape index (κ3) is 8.94. The van der Waals surface area contributed by atoms with Gasteiger partial charge in [-0.3, -0.25) is 0 Å². The number of hydrogen-bond acceptors (Lipinski definition) is 4. The van der Waals surface area contributed by atoms with Gasteiger partial charge in [0.2, 0.25) is 0 Å². The van der Waals surface area contributed by atoms with Crippen molar-refractivity contribution < 1.29 is 19.1 Å². The fourth-order valence-electron chi connectivity index (χ4n) is 0.957. The van der Waals surface area contributed by atoms with Gasteiger partial charge in [-0.2, -0.15) is 0 Å². The van der Waals surface area contributed by atoms with Crippen molar-refractivity contribution in [2.45, 2.75) is 22.9 Å². The zero-order valence-electron chi connectivity index (χ0n) is 10.6. The third-order valence-electron chi connectivity index (χ3n) is 1.95. The highest BCUT2D eigenvalue weighted by molar-refractivity contribution is 6.35. The van der Waals surface area contributed by atoms with Crippen molar-refractivity contribution in [3.8, 4) is 0 Å². The Kier molecular flexibility index (Phi) is 8.80. The van der Waals surface area contributed by atoms with Crippen molar-refractivity contribution in [3.63, 3.8) is 0 Å². The Morgan fingerprint density at radius 3 is 1.59 bits per heavy atom. The summed E-state index contributed by atoms with van der Waals surface area (Å²) in [6.45, 7) is 11.1. The van der Waals surface area contributed by atoms with Crippen LogP contribution in [0.2, 0.25) is 9.10 Å². The molecule has 0 amide bonds. The SMILES string of the molecule is C=C(C)C(=O)OC[CH2][Mg][CH2]COC(=O)C(=C)C. The molecule has 0 aliphatic carbocycles. The largest absolute Gasteiger partial charge is 0.465 e. The first-order valence-electron chi connectivity index (χ1n) is 5.60. The van der Waals surface area contributed by atoms with Crippen LogP contribution in [0, 0.1) is 0 Å². The van der Waals surface area contributed by atoms with Gasteiger partial charge >= 0.3 is 32.3 Å². The van der Waals surface area contributed by atoms with Crippen molar-refractivity contribution in [3.05, 3.63) is 24.3 Å². The van der Waals surface area contributed by atoms with E-state index in [4.69, 9.17) is 9.47 Å². The van der Waals surface area contributed by atoms with Gasteiger partial charge in [-0.15, -0.1) is 9.10 Å². The minimum atomic E-state index is -0.340. The lowest BCUT2D eigenvalue weighted by molar-refractivity contribution is -0.139. The second-order valence-corrected chi connectivity index (χ2v) is 6.01. The summed E-state index contributed by atoms with van der Waals surface area (Å²) in [6, 6.07) is 0. The molecule has 0 fully saturated rings. The highest BCUT2D eigenvalue weighted by Crippen LogP contribution is 1.97. The molecule has 0 spiro atoms. The van der Waals surface area contributed by atoms with Gasteiger partial charge in [-0.1, -0.05) is 13.2 Å². The molecule has 0 radical (unpaired) electrons. The molecule has 0 N–H and O–H groups in total. The van der Waals surface area contributed by atoms with E-state index in [0.29, 0.717) is 24.4 Å². The van der Waals surface area contributed by atoms with E-state index in [-0.39, 0.29) is 32.3 Å². The average molecular weight is 251 g/mol. The van der Waals surface area contributed by atoms with Gasteiger partial charge in [0.1, 0.15) is 0 Å². The number of esters is 2. The van der Waals surface area contributed by atoms with Gasteiger partial charge in [0.15, 0.2) is 0 Å². The van der Waals surface area contributed by atoms with Crippen LogP contribution in [0.5, 0.6) is 0 Å². The van der Waals surface area contributed by atoms with Crippen molar-refractivity contribution >= 4 is 32.3 Å². The molecular weight excluding hydrogens is 232 g/mol. The maximum Gasteiger partial charge on any atom is 0.374 e. The van der Waals surface area contributed by atoms with E-state index in [1.807, 2.05) is 0 Å². The second-order valence-electron chi connectivity index (χ2n) is 3.89. The zero-order chi connectivity index (χ0) is 13.3. The highest BCUT2D eigenvalue weighted by Gasteiger charge is 2.05. The van der Waals surface area contributed by atoms with Gasteiger partial charge in [-0.25, -0.2) is 9.59 Å². The Bertz CT molecular complexity index is 280. The predicted molar refractivity (Wildman–Crippen MR) is 66.9 cm³/mol. The van der Waals surface area contributed by atoms with Crippen molar-refractivity contribution in [1.29, 1.82) is 0 Å². The molecule has 0 atom stereocenters. The summed E-state index contributed by atoms with van der Waals surface area (Å²) in [5, 5.41) is 0. The normalized spacial score (nSPS) is 9.06. The van der Waals surface area contributed by atoms with Crippen LogP contribution in [0.25, 0.3) is 0 Å². The molecule has 0 aliphatic heterocycles. The predicted octanol–water partition coefficient (Wildman–Crippen LogP) is 1.77. The Labute approximate surface area is 112 Å². The summed E-state index contributed by atoms with van der Waals surface area (Å²) in [5.74, 6) is -0.680. The van der Waals surface area contributed by atoms with Crippen molar-refractivity contribution in [2.24, 2.45) is 0 Å². The van der Waals surface area contributed by atoms with E-state index < -0.39 is 0 Å². The van der Waals surface area contributed by atoms with E-state index >= 15 is 0 Å². The Balaban J connectivity index is 3.36. The van der Waals surface area contributed by atoms with Crippen LogP contribution >= 0.6 is 0 Å². The summed E-state index contributed by atoms with van der Waals surface area (Å²) in [6.07, 6.45) is 0. The molecule has 92 valence electrons. The quantitative estimate of drug-likeness (QED) is 0.285. The van der Waals surface area contributed by atoms with E-state index in [2.05, 4.69) is 13.2 Å². The van der Waals surface area contributed by atoms with Crippen LogP contribution in [0.1, 0.15) is 13.8 Å². The monoisotopic (exact) mass is 250 g/mol. The second kappa shape index (κ2) is 9.24. The molecule has 0 rings (SSSR count). The lowest BCUT2D eigenvalue weighted by atomic mass is 10.4. The van der Waals surface area contributed by atoms with Crippen LogP contribution in [0.4, 0.5) is 0 Å². The zero-order valence-corrected chi connectivity index (χ0v) is 12.0. The number of rotatable bonds is 8. The van der Waals surface area contributed by atoms with Crippen molar-refractivity contribution in [2.75, 3.05) is 13.2 Å². The van der Waals surface area contributed by atoms with Gasteiger partial charge in [0.25, 0.3) is 0 Å². The van der Waals surface area contributed by atoms with Gasteiger partial charge < -0.3 is 9.47 Å². The smallest absolute Gasteiger partial charge is 0.374 e. The summed E-state index contributed by atoms with van der Waals surface area (Å²) in [4.78, 5) is 22.0. The summed E-state index contributed by atoms with van der Waals surface area (Å²) >= 11 is -0.338. The number of carbonyl (C=O) groups is 2. The molecule has 4 nitrogen and oxygen atoms in total. The van der Waals surface area contributed by atoms with E-state index in [1.54, 1.807) is 13.8 Å². The van der Waals surface area contributed by atoms with E-state index in [0.717, 1.165) is 9.10 Å². The average Bonchev–Trinajstić information content (AvgIpc) is 2.26. The van der Waals surface area contributed by atoms with Crippen LogP contribution in [-0.4, -0.2) is 45.5 Å². The molecule has 0 aliphatic rings. The molecule has 0 saturated heterocycles. The van der Waals surface area contributed by atoms with E-state index in [1.165, 1.54) is 0 Å². The Morgan fingerprint density at radius 2 is 1.29 bits per heavy atom. The van der Waals surface area contributed by atoms with Crippen LogP contribution in [0.3, 0.4) is 0 Å². The fourth-order valence-corrected chi connectivity index (χ4v) is 2.01. The van der Waals surface area contributed by atoms with Crippen LogP contribution in [-0.2, 0) is 19.1 Å². The highest BCUT2D eigenvalue weighted by atomic mass is 24.5. The Hall–Kier alpha value is -0.814. The number of ether oxygens (including phenoxy) is 2. The summed E-state index contributed by atoms with van der Waals surface area (Å²) in [5.41, 5.74) is 0.837. The van der Waals surface area contributed by atoms with E-state index in [9.17, 15) is 9.59 Å². The van der Waals surface area contributed by atoms with Gasteiger partial charge in [-0.05, 0) is 13.8 Å². The molecule has 0 unspecified atom stereocenters. The fraction of sp³-hybridized carbons (Fsp3) is 0.500. The minimum absolute atomic E-state index is 0.338. The molecule has 0 saturated carbocycles. The lowest BCUT2D eigenvalue weighted by Gasteiger charge is -2.04. The third-order valence-corrected chi connectivity index (χ3v) is 3.53. The first-order chi connectivity index (χ1) is 7.95. The standard InChI is InChI=1S/2C6H9O2.Mg/c2*1-4-8-6(7)5(2)3;/h2*1-2,4H2,3H3;. The van der Waals surface area contributed by atoms with Gasteiger partial charge in [0, 0.05) is 11.1 Å². The van der Waals surface area contributed by atoms with Crippen LogP contribution < -0.4 is 0 Å². The molecule has 0 aromatic heterocycles. The molecule has 0 bridgehead atoms. The molecular formula is C12H18MgO4. The number of hydrogen-bond donors (Lipinski definition) is 0. The first kappa shape index (κ1) is 16.2. The van der Waals surface area contributed by atoms with Crippen LogP contribution in [0.15, 0.2) is 24.3 Å². The Morgan fingerprint density at radius 1 is 0.941 bits per heavy atom. The minimum Gasteiger partial charge on any atom is -0.465 e. The van der Waals surface area contributed by atoms with Crippen molar-refractivity contribution in [1.82, 2.24) is 0 Å². The molecule has 5 heteroatoms. The summed E-state index contributed by atoms with van der Waals surface area (Å²) in [7, 11) is 0. The number of carbonyl (C=O) groups excluding carboxylic acids is 2. The first-order valence-corrected chi connectivity index (χ1v) is 7.60. The molecule has 0 heterocycles. The summed E-state index contributed by atoms with van der Waals surface area (Å²) < 4.78 is 11.7. The topological polar surface area (TPSA) is 52.6 Å². The molecule has 0 aromatic rings. The lowest BCUT2D eigenvalue weighted by Crippen LogP contribution is -2.10. The molecule has 0 aromatic carbocycles. The molecule has 17 heavy (non-hydrogen) atoms. The van der Waals surface area contributed by atoms with Gasteiger partial charge in [0.05, 0.1) is 13.2 Å².